The van der Waals surface area contributed by atoms with Gasteiger partial charge in [-0.15, -0.1) is 0 Å². The lowest BCUT2D eigenvalue weighted by molar-refractivity contribution is -0.124. The van der Waals surface area contributed by atoms with Gasteiger partial charge in [0.1, 0.15) is 17.6 Å². The molecule has 1 aromatic carbocycles. The number of carbonyl (C=O) groups excluding carboxylic acids is 1. The summed E-state index contributed by atoms with van der Waals surface area (Å²) in [7, 11) is 0. The number of benzene rings is 1. The monoisotopic (exact) mass is 318 g/mol. The molecule has 0 bridgehead atoms. The Morgan fingerprint density at radius 3 is 3.09 bits per heavy atom. The molecule has 1 aromatic heterocycles. The number of halogens is 1. The summed E-state index contributed by atoms with van der Waals surface area (Å²) < 4.78 is 25.1. The molecule has 2 saturated heterocycles. The predicted molar refractivity (Wildman–Crippen MR) is 83.0 cm³/mol. The minimum Gasteiger partial charge on any atom is -0.379 e. The molecule has 2 aliphatic heterocycles. The second kappa shape index (κ2) is 5.62. The molecule has 122 valence electrons. The molecule has 3 heterocycles. The van der Waals surface area contributed by atoms with Crippen LogP contribution in [0.2, 0.25) is 0 Å². The van der Waals surface area contributed by atoms with Crippen LogP contribution in [0, 0.1) is 12.7 Å². The van der Waals surface area contributed by atoms with Gasteiger partial charge in [-0.3, -0.25) is 4.79 Å². The third kappa shape index (κ3) is 2.42. The number of carbonyl (C=O) groups is 1. The van der Waals surface area contributed by atoms with Crippen molar-refractivity contribution in [2.24, 2.45) is 0 Å². The Balaban J connectivity index is 1.68. The lowest BCUT2D eigenvalue weighted by Crippen LogP contribution is -2.57. The molecule has 2 aromatic rings. The Bertz CT molecular complexity index is 717. The van der Waals surface area contributed by atoms with Gasteiger partial charge < -0.3 is 19.4 Å². The molecule has 0 radical (unpaired) electrons. The van der Waals surface area contributed by atoms with E-state index in [2.05, 4.69) is 4.98 Å². The van der Waals surface area contributed by atoms with Gasteiger partial charge in [0, 0.05) is 18.5 Å². The summed E-state index contributed by atoms with van der Waals surface area (Å²) >= 11 is 0. The maximum Gasteiger partial charge on any atom is 0.270 e. The van der Waals surface area contributed by atoms with Crippen LogP contribution in [0.4, 0.5) is 4.39 Å². The summed E-state index contributed by atoms with van der Waals surface area (Å²) in [6.07, 6.45) is 0.702. The SMILES string of the molecule is Cc1ccc(F)c2[nH]c(C(=O)N3CCO[C@@H]4COCC[C@@H]43)cc12. The molecule has 1 N–H and O–H groups in total. The van der Waals surface area contributed by atoms with Crippen LogP contribution in [0.5, 0.6) is 0 Å². The maximum absolute atomic E-state index is 14.0. The van der Waals surface area contributed by atoms with Gasteiger partial charge in [0.2, 0.25) is 0 Å². The van der Waals surface area contributed by atoms with Crippen LogP contribution in [0.25, 0.3) is 10.9 Å². The number of amides is 1. The number of nitrogens with zero attached hydrogens (tertiary/aromatic N) is 1. The van der Waals surface area contributed by atoms with Crippen molar-refractivity contribution in [1.29, 1.82) is 0 Å². The number of aryl methyl sites for hydroxylation is 1. The lowest BCUT2D eigenvalue weighted by atomic mass is 10.0. The summed E-state index contributed by atoms with van der Waals surface area (Å²) in [6, 6.07) is 4.93. The van der Waals surface area contributed by atoms with Gasteiger partial charge in [-0.25, -0.2) is 4.39 Å². The van der Waals surface area contributed by atoms with Crippen molar-refractivity contribution in [1.82, 2.24) is 9.88 Å². The molecular formula is C17H19FN2O3. The first-order chi connectivity index (χ1) is 11.1. The Morgan fingerprint density at radius 1 is 1.39 bits per heavy atom. The molecule has 1 amide bonds. The van der Waals surface area contributed by atoms with E-state index in [0.717, 1.165) is 17.4 Å². The maximum atomic E-state index is 14.0. The van der Waals surface area contributed by atoms with Gasteiger partial charge in [0.05, 0.1) is 24.8 Å². The summed E-state index contributed by atoms with van der Waals surface area (Å²) in [5, 5.41) is 0.755. The van der Waals surface area contributed by atoms with Gasteiger partial charge in [-0.1, -0.05) is 6.07 Å². The highest BCUT2D eigenvalue weighted by molar-refractivity contribution is 5.99. The van der Waals surface area contributed by atoms with E-state index in [1.54, 1.807) is 12.1 Å². The average Bonchev–Trinajstić information content (AvgIpc) is 3.04. The number of hydrogen-bond donors (Lipinski definition) is 1. The quantitative estimate of drug-likeness (QED) is 0.877. The van der Waals surface area contributed by atoms with E-state index in [0.29, 0.717) is 37.6 Å². The Hall–Kier alpha value is -1.92. The number of H-pyrrole nitrogens is 1. The highest BCUT2D eigenvalue weighted by atomic mass is 19.1. The second-order valence-electron chi connectivity index (χ2n) is 6.17. The molecule has 23 heavy (non-hydrogen) atoms. The summed E-state index contributed by atoms with van der Waals surface area (Å²) in [4.78, 5) is 17.7. The zero-order chi connectivity index (χ0) is 16.0. The first-order valence-corrected chi connectivity index (χ1v) is 7.93. The highest BCUT2D eigenvalue weighted by Gasteiger charge is 2.38. The van der Waals surface area contributed by atoms with E-state index in [9.17, 15) is 9.18 Å². The number of hydrogen-bond acceptors (Lipinski definition) is 3. The fourth-order valence-corrected chi connectivity index (χ4v) is 3.53. The summed E-state index contributed by atoms with van der Waals surface area (Å²) in [5.41, 5.74) is 1.77. The van der Waals surface area contributed by atoms with Crippen LogP contribution in [-0.2, 0) is 9.47 Å². The Morgan fingerprint density at radius 2 is 2.26 bits per heavy atom. The molecular weight excluding hydrogens is 299 g/mol. The van der Waals surface area contributed by atoms with Crippen LogP contribution in [-0.4, -0.2) is 54.3 Å². The topological polar surface area (TPSA) is 54.6 Å². The van der Waals surface area contributed by atoms with Crippen LogP contribution in [0.15, 0.2) is 18.2 Å². The second-order valence-corrected chi connectivity index (χ2v) is 6.17. The van der Waals surface area contributed by atoms with Gasteiger partial charge in [0.25, 0.3) is 5.91 Å². The van der Waals surface area contributed by atoms with Crippen molar-refractivity contribution in [2.75, 3.05) is 26.4 Å². The van der Waals surface area contributed by atoms with Crippen LogP contribution in [0.3, 0.4) is 0 Å². The van der Waals surface area contributed by atoms with E-state index in [-0.39, 0.29) is 23.9 Å². The van der Waals surface area contributed by atoms with Crippen molar-refractivity contribution in [3.63, 3.8) is 0 Å². The van der Waals surface area contributed by atoms with E-state index < -0.39 is 0 Å². The fraction of sp³-hybridized carbons (Fsp3) is 0.471. The van der Waals surface area contributed by atoms with Crippen LogP contribution < -0.4 is 0 Å². The molecule has 5 nitrogen and oxygen atoms in total. The average molecular weight is 318 g/mol. The largest absolute Gasteiger partial charge is 0.379 e. The smallest absolute Gasteiger partial charge is 0.270 e. The molecule has 0 unspecified atom stereocenters. The van der Waals surface area contributed by atoms with E-state index in [1.807, 2.05) is 11.8 Å². The first kappa shape index (κ1) is 14.7. The van der Waals surface area contributed by atoms with Crippen molar-refractivity contribution >= 4 is 16.8 Å². The number of aromatic nitrogens is 1. The van der Waals surface area contributed by atoms with Gasteiger partial charge in [-0.05, 0) is 31.0 Å². The van der Waals surface area contributed by atoms with Crippen LogP contribution in [0.1, 0.15) is 22.5 Å². The van der Waals surface area contributed by atoms with Crippen molar-refractivity contribution in [2.45, 2.75) is 25.5 Å². The molecule has 4 rings (SSSR count). The zero-order valence-corrected chi connectivity index (χ0v) is 13.0. The van der Waals surface area contributed by atoms with Crippen LogP contribution >= 0.6 is 0 Å². The number of rotatable bonds is 1. The van der Waals surface area contributed by atoms with E-state index >= 15 is 0 Å². The number of ether oxygens (including phenoxy) is 2. The number of fused-ring (bicyclic) bond motifs is 2. The lowest BCUT2D eigenvalue weighted by Gasteiger charge is -2.43. The van der Waals surface area contributed by atoms with Gasteiger partial charge >= 0.3 is 0 Å². The molecule has 2 atom stereocenters. The first-order valence-electron chi connectivity index (χ1n) is 7.93. The molecule has 2 fully saturated rings. The van der Waals surface area contributed by atoms with E-state index in [4.69, 9.17) is 9.47 Å². The molecule has 2 aliphatic rings. The van der Waals surface area contributed by atoms with Crippen molar-refractivity contribution < 1.29 is 18.7 Å². The molecule has 0 saturated carbocycles. The number of morpholine rings is 1. The molecule has 0 spiro atoms. The van der Waals surface area contributed by atoms with Crippen molar-refractivity contribution in [3.8, 4) is 0 Å². The summed E-state index contributed by atoms with van der Waals surface area (Å²) in [5.74, 6) is -0.434. The van der Waals surface area contributed by atoms with Gasteiger partial charge in [-0.2, -0.15) is 0 Å². The predicted octanol–water partition coefficient (Wildman–Crippen LogP) is 2.25. The summed E-state index contributed by atoms with van der Waals surface area (Å²) in [6.45, 7) is 4.12. The number of nitrogens with one attached hydrogen (secondary N) is 1. The fourth-order valence-electron chi connectivity index (χ4n) is 3.53. The minimum atomic E-state index is -0.337. The standard InChI is InChI=1S/C17H19FN2O3/c1-10-2-3-12(18)16-11(10)8-13(19-16)17(21)20-5-7-23-15-9-22-6-4-14(15)20/h2-3,8,14-15,19H,4-7,9H2,1H3/t14-,15+/m0/s1. The minimum absolute atomic E-state index is 0.0300. The van der Waals surface area contributed by atoms with Crippen molar-refractivity contribution in [3.05, 3.63) is 35.3 Å². The normalized spacial score (nSPS) is 24.7. The Labute approximate surface area is 133 Å². The third-order valence-electron chi connectivity index (χ3n) is 4.79. The number of aromatic amines is 1. The van der Waals surface area contributed by atoms with E-state index in [1.165, 1.54) is 6.07 Å². The highest BCUT2D eigenvalue weighted by Crippen LogP contribution is 2.26. The molecule has 0 aliphatic carbocycles. The zero-order valence-electron chi connectivity index (χ0n) is 13.0. The third-order valence-corrected chi connectivity index (χ3v) is 4.79. The Kier molecular flexibility index (Phi) is 3.58. The van der Waals surface area contributed by atoms with Gasteiger partial charge in [0.15, 0.2) is 0 Å². The molecule has 6 heteroatoms.